The number of nitrogens with one attached hydrogen (secondary N) is 1. The number of ketones is 1. The Kier molecular flexibility index (Phi) is 6.01. The molecule has 1 heterocycles. The van der Waals surface area contributed by atoms with Crippen molar-refractivity contribution in [2.24, 2.45) is 5.92 Å². The number of hydrogen-bond acceptors (Lipinski definition) is 3. The van der Waals surface area contributed by atoms with Crippen molar-refractivity contribution in [3.05, 3.63) is 65.7 Å². The first-order valence-corrected chi connectivity index (χ1v) is 9.26. The maximum Gasteiger partial charge on any atom is 0.229 e. The molecule has 0 aromatic heterocycles. The maximum atomic E-state index is 12.5. The van der Waals surface area contributed by atoms with Gasteiger partial charge < -0.3 is 10.2 Å². The molecule has 0 bridgehead atoms. The number of aryl methyl sites for hydroxylation is 1. The highest BCUT2D eigenvalue weighted by molar-refractivity contribution is 5.98. The largest absolute Gasteiger partial charge is 0.342 e. The van der Waals surface area contributed by atoms with Gasteiger partial charge in [0.15, 0.2) is 5.78 Å². The summed E-state index contributed by atoms with van der Waals surface area (Å²) in [4.78, 5) is 37.8. The fourth-order valence-electron chi connectivity index (χ4n) is 3.32. The van der Waals surface area contributed by atoms with Crippen LogP contribution < -0.4 is 5.32 Å². The van der Waals surface area contributed by atoms with Crippen molar-refractivity contribution in [2.45, 2.75) is 26.2 Å². The second-order valence-electron chi connectivity index (χ2n) is 6.95. The third-order valence-corrected chi connectivity index (χ3v) is 4.88. The second-order valence-corrected chi connectivity index (χ2v) is 6.95. The molecule has 0 aliphatic carbocycles. The molecule has 5 heteroatoms. The maximum absolute atomic E-state index is 12.5. The molecule has 1 aliphatic rings. The molecule has 2 amide bonds. The van der Waals surface area contributed by atoms with Crippen LogP contribution in [-0.2, 0) is 16.0 Å². The SMILES string of the molecule is CC(=O)c1ccc(NC(=O)C2CC(=O)N(CCCc3ccccc3)C2)cc1. The Hall–Kier alpha value is -2.95. The topological polar surface area (TPSA) is 66.5 Å². The quantitative estimate of drug-likeness (QED) is 0.767. The molecule has 3 rings (SSSR count). The lowest BCUT2D eigenvalue weighted by Gasteiger charge is -2.16. The van der Waals surface area contributed by atoms with Crippen molar-refractivity contribution in [3.8, 4) is 0 Å². The smallest absolute Gasteiger partial charge is 0.229 e. The number of rotatable bonds is 7. The van der Waals surface area contributed by atoms with Gasteiger partial charge >= 0.3 is 0 Å². The van der Waals surface area contributed by atoms with E-state index in [2.05, 4.69) is 17.4 Å². The van der Waals surface area contributed by atoms with E-state index in [0.717, 1.165) is 12.8 Å². The highest BCUT2D eigenvalue weighted by atomic mass is 16.2. The lowest BCUT2D eigenvalue weighted by molar-refractivity contribution is -0.128. The molecule has 0 radical (unpaired) electrons. The zero-order chi connectivity index (χ0) is 19.2. The van der Waals surface area contributed by atoms with Crippen LogP contribution in [0.15, 0.2) is 54.6 Å². The van der Waals surface area contributed by atoms with Gasteiger partial charge in [0, 0.05) is 30.8 Å². The number of Topliss-reactive ketones (excluding diaryl/α,β-unsaturated/α-hetero) is 1. The molecule has 27 heavy (non-hydrogen) atoms. The molecule has 140 valence electrons. The monoisotopic (exact) mass is 364 g/mol. The van der Waals surface area contributed by atoms with Gasteiger partial charge in [-0.3, -0.25) is 14.4 Å². The molecule has 1 aliphatic heterocycles. The Morgan fingerprint density at radius 2 is 1.78 bits per heavy atom. The Morgan fingerprint density at radius 1 is 1.07 bits per heavy atom. The predicted octanol–water partition coefficient (Wildman–Crippen LogP) is 3.31. The van der Waals surface area contributed by atoms with E-state index in [-0.39, 0.29) is 29.9 Å². The van der Waals surface area contributed by atoms with Crippen LogP contribution in [0.2, 0.25) is 0 Å². The number of carbonyl (C=O) groups excluding carboxylic acids is 3. The minimum absolute atomic E-state index is 0.0135. The standard InChI is InChI=1S/C22H24N2O3/c1-16(25)18-9-11-20(12-10-18)23-22(27)19-14-21(26)24(15-19)13-5-8-17-6-3-2-4-7-17/h2-4,6-7,9-12,19H,5,8,13-15H2,1H3,(H,23,27). The molecule has 2 aromatic carbocycles. The molecule has 1 unspecified atom stereocenters. The molecule has 1 atom stereocenters. The van der Waals surface area contributed by atoms with E-state index in [0.29, 0.717) is 24.3 Å². The molecule has 1 saturated heterocycles. The van der Waals surface area contributed by atoms with Gasteiger partial charge in [-0.05, 0) is 49.6 Å². The first kappa shape index (κ1) is 18.8. The average Bonchev–Trinajstić information content (AvgIpc) is 3.04. The average molecular weight is 364 g/mol. The van der Waals surface area contributed by atoms with Crippen LogP contribution in [0.3, 0.4) is 0 Å². The summed E-state index contributed by atoms with van der Waals surface area (Å²) in [6.07, 6.45) is 2.06. The zero-order valence-electron chi connectivity index (χ0n) is 15.5. The third kappa shape index (κ3) is 5.03. The summed E-state index contributed by atoms with van der Waals surface area (Å²) < 4.78 is 0. The number of nitrogens with zero attached hydrogens (tertiary/aromatic N) is 1. The van der Waals surface area contributed by atoms with Crippen molar-refractivity contribution in [1.82, 2.24) is 4.90 Å². The fraction of sp³-hybridized carbons (Fsp3) is 0.318. The van der Waals surface area contributed by atoms with E-state index in [4.69, 9.17) is 0 Å². The number of likely N-dealkylation sites (tertiary alicyclic amines) is 1. The molecule has 1 fully saturated rings. The Labute approximate surface area is 159 Å². The molecular formula is C22H24N2O3. The van der Waals surface area contributed by atoms with E-state index in [1.165, 1.54) is 12.5 Å². The van der Waals surface area contributed by atoms with Gasteiger partial charge in [-0.15, -0.1) is 0 Å². The molecular weight excluding hydrogens is 340 g/mol. The van der Waals surface area contributed by atoms with E-state index in [1.54, 1.807) is 29.2 Å². The number of amides is 2. The second kappa shape index (κ2) is 8.62. The Bertz CT molecular complexity index is 815. The van der Waals surface area contributed by atoms with E-state index < -0.39 is 0 Å². The van der Waals surface area contributed by atoms with Crippen molar-refractivity contribution >= 4 is 23.3 Å². The minimum atomic E-state index is -0.332. The van der Waals surface area contributed by atoms with E-state index in [1.807, 2.05) is 18.2 Å². The normalized spacial score (nSPS) is 16.4. The summed E-state index contributed by atoms with van der Waals surface area (Å²) in [5.74, 6) is -0.457. The zero-order valence-corrected chi connectivity index (χ0v) is 15.5. The Balaban J connectivity index is 1.48. The first-order chi connectivity index (χ1) is 13.0. The van der Waals surface area contributed by atoms with Gasteiger partial charge in [0.25, 0.3) is 0 Å². The molecule has 1 N–H and O–H groups in total. The van der Waals surface area contributed by atoms with E-state index in [9.17, 15) is 14.4 Å². The molecule has 5 nitrogen and oxygen atoms in total. The highest BCUT2D eigenvalue weighted by Gasteiger charge is 2.33. The van der Waals surface area contributed by atoms with Gasteiger partial charge in [-0.2, -0.15) is 0 Å². The van der Waals surface area contributed by atoms with Crippen LogP contribution in [0.25, 0.3) is 0 Å². The number of carbonyl (C=O) groups is 3. The van der Waals surface area contributed by atoms with E-state index >= 15 is 0 Å². The van der Waals surface area contributed by atoms with Crippen molar-refractivity contribution < 1.29 is 14.4 Å². The number of hydrogen-bond donors (Lipinski definition) is 1. The molecule has 0 saturated carbocycles. The lowest BCUT2D eigenvalue weighted by Crippen LogP contribution is -2.29. The number of anilines is 1. The predicted molar refractivity (Wildman–Crippen MR) is 105 cm³/mol. The van der Waals surface area contributed by atoms with Crippen molar-refractivity contribution in [3.63, 3.8) is 0 Å². The van der Waals surface area contributed by atoms with Crippen molar-refractivity contribution in [1.29, 1.82) is 0 Å². The summed E-state index contributed by atoms with van der Waals surface area (Å²) in [6.45, 7) is 2.64. The van der Waals surface area contributed by atoms with Gasteiger partial charge in [0.2, 0.25) is 11.8 Å². The van der Waals surface area contributed by atoms with Gasteiger partial charge in [0.1, 0.15) is 0 Å². The molecule has 0 spiro atoms. The van der Waals surface area contributed by atoms with Gasteiger partial charge in [0.05, 0.1) is 5.92 Å². The summed E-state index contributed by atoms with van der Waals surface area (Å²) in [6, 6.07) is 17.0. The van der Waals surface area contributed by atoms with Crippen LogP contribution >= 0.6 is 0 Å². The van der Waals surface area contributed by atoms with Crippen LogP contribution in [0.4, 0.5) is 5.69 Å². The molecule has 2 aromatic rings. The first-order valence-electron chi connectivity index (χ1n) is 9.26. The van der Waals surface area contributed by atoms with Crippen molar-refractivity contribution in [2.75, 3.05) is 18.4 Å². The van der Waals surface area contributed by atoms with Crippen LogP contribution in [0, 0.1) is 5.92 Å². The fourth-order valence-corrected chi connectivity index (χ4v) is 3.32. The minimum Gasteiger partial charge on any atom is -0.342 e. The van der Waals surface area contributed by atoms with Gasteiger partial charge in [-0.1, -0.05) is 30.3 Å². The van der Waals surface area contributed by atoms with Crippen LogP contribution in [0.5, 0.6) is 0 Å². The highest BCUT2D eigenvalue weighted by Crippen LogP contribution is 2.21. The third-order valence-electron chi connectivity index (χ3n) is 4.88. The summed E-state index contributed by atoms with van der Waals surface area (Å²) in [5, 5.41) is 2.84. The van der Waals surface area contributed by atoms with Crippen LogP contribution in [-0.4, -0.2) is 35.6 Å². The van der Waals surface area contributed by atoms with Crippen LogP contribution in [0.1, 0.15) is 35.7 Å². The lowest BCUT2D eigenvalue weighted by atomic mass is 10.1. The Morgan fingerprint density at radius 3 is 2.44 bits per heavy atom. The van der Waals surface area contributed by atoms with Gasteiger partial charge in [-0.25, -0.2) is 0 Å². The number of benzene rings is 2. The summed E-state index contributed by atoms with van der Waals surface area (Å²) >= 11 is 0. The summed E-state index contributed by atoms with van der Waals surface area (Å²) in [7, 11) is 0. The summed E-state index contributed by atoms with van der Waals surface area (Å²) in [5.41, 5.74) is 2.50.